The molecule has 0 radical (unpaired) electrons. The van der Waals surface area contributed by atoms with Gasteiger partial charge in [-0.05, 0) is 44.1 Å². The van der Waals surface area contributed by atoms with Crippen LogP contribution in [0.3, 0.4) is 0 Å². The normalized spacial score (nSPS) is 10.1. The SMILES string of the molecule is CNCCCc1ccc(C(=O)O)cc1. The number of aromatic carboxylic acids is 1. The van der Waals surface area contributed by atoms with Gasteiger partial charge in [0.25, 0.3) is 0 Å². The average molecular weight is 193 g/mol. The number of carbonyl (C=O) groups is 1. The van der Waals surface area contributed by atoms with E-state index in [0.29, 0.717) is 5.56 Å². The van der Waals surface area contributed by atoms with Crippen LogP contribution in [0.1, 0.15) is 22.3 Å². The number of aryl methyl sites for hydroxylation is 1. The Hall–Kier alpha value is -1.35. The van der Waals surface area contributed by atoms with Crippen molar-refractivity contribution in [3.63, 3.8) is 0 Å². The van der Waals surface area contributed by atoms with Crippen molar-refractivity contribution in [1.29, 1.82) is 0 Å². The van der Waals surface area contributed by atoms with E-state index in [1.54, 1.807) is 12.1 Å². The van der Waals surface area contributed by atoms with E-state index in [-0.39, 0.29) is 0 Å². The van der Waals surface area contributed by atoms with Crippen molar-refractivity contribution >= 4 is 5.97 Å². The first-order valence-corrected chi connectivity index (χ1v) is 4.71. The van der Waals surface area contributed by atoms with Crippen molar-refractivity contribution in [1.82, 2.24) is 5.32 Å². The first-order valence-electron chi connectivity index (χ1n) is 4.71. The molecule has 0 unspecified atom stereocenters. The Labute approximate surface area is 83.8 Å². The second-order valence-electron chi connectivity index (χ2n) is 3.21. The largest absolute Gasteiger partial charge is 0.478 e. The fourth-order valence-corrected chi connectivity index (χ4v) is 1.28. The highest BCUT2D eigenvalue weighted by Crippen LogP contribution is 2.06. The number of carboxylic acid groups (broad SMARTS) is 1. The lowest BCUT2D eigenvalue weighted by Crippen LogP contribution is -2.08. The molecule has 3 nitrogen and oxygen atoms in total. The maximum absolute atomic E-state index is 10.6. The number of rotatable bonds is 5. The minimum atomic E-state index is -0.869. The van der Waals surface area contributed by atoms with Crippen LogP contribution in [0, 0.1) is 0 Å². The van der Waals surface area contributed by atoms with E-state index < -0.39 is 5.97 Å². The number of hydrogen-bond acceptors (Lipinski definition) is 2. The number of nitrogens with one attached hydrogen (secondary N) is 1. The molecule has 3 heteroatoms. The third kappa shape index (κ3) is 3.18. The van der Waals surface area contributed by atoms with Gasteiger partial charge < -0.3 is 10.4 Å². The molecule has 0 aromatic heterocycles. The maximum Gasteiger partial charge on any atom is 0.335 e. The van der Waals surface area contributed by atoms with Crippen LogP contribution >= 0.6 is 0 Å². The predicted octanol–water partition coefficient (Wildman–Crippen LogP) is 1.54. The predicted molar refractivity (Wildman–Crippen MR) is 55.6 cm³/mol. The molecule has 0 saturated heterocycles. The zero-order chi connectivity index (χ0) is 10.4. The highest BCUT2D eigenvalue weighted by atomic mass is 16.4. The standard InChI is InChI=1S/C11H15NO2/c1-12-8-2-3-9-4-6-10(7-5-9)11(13)14/h4-7,12H,2-3,8H2,1H3,(H,13,14). The fourth-order valence-electron chi connectivity index (χ4n) is 1.28. The molecule has 14 heavy (non-hydrogen) atoms. The fraction of sp³-hybridized carbons (Fsp3) is 0.364. The van der Waals surface area contributed by atoms with E-state index in [4.69, 9.17) is 5.11 Å². The zero-order valence-electron chi connectivity index (χ0n) is 8.29. The van der Waals surface area contributed by atoms with Gasteiger partial charge >= 0.3 is 5.97 Å². The quantitative estimate of drug-likeness (QED) is 0.697. The molecule has 0 aliphatic rings. The highest BCUT2D eigenvalue weighted by molar-refractivity contribution is 5.87. The molecule has 0 fully saturated rings. The maximum atomic E-state index is 10.6. The molecule has 0 heterocycles. The number of carboxylic acids is 1. The molecule has 0 saturated carbocycles. The van der Waals surface area contributed by atoms with Gasteiger partial charge in [-0.3, -0.25) is 0 Å². The van der Waals surface area contributed by atoms with E-state index in [2.05, 4.69) is 5.32 Å². The molecule has 1 rings (SSSR count). The van der Waals surface area contributed by atoms with Crippen LogP contribution in [-0.2, 0) is 6.42 Å². The summed E-state index contributed by atoms with van der Waals surface area (Å²) in [7, 11) is 1.92. The van der Waals surface area contributed by atoms with Gasteiger partial charge in [-0.15, -0.1) is 0 Å². The summed E-state index contributed by atoms with van der Waals surface area (Å²) in [6, 6.07) is 7.05. The third-order valence-electron chi connectivity index (χ3n) is 2.09. The van der Waals surface area contributed by atoms with Gasteiger partial charge in [0.15, 0.2) is 0 Å². The summed E-state index contributed by atoms with van der Waals surface area (Å²) in [5.74, 6) is -0.869. The summed E-state index contributed by atoms with van der Waals surface area (Å²) in [6.45, 7) is 0.987. The minimum absolute atomic E-state index is 0.349. The molecule has 1 aromatic rings. The Morgan fingerprint density at radius 1 is 1.36 bits per heavy atom. The average Bonchev–Trinajstić information content (AvgIpc) is 2.19. The Morgan fingerprint density at radius 2 is 2.00 bits per heavy atom. The molecule has 0 aliphatic carbocycles. The molecule has 2 N–H and O–H groups in total. The molecular formula is C11H15NO2. The van der Waals surface area contributed by atoms with Gasteiger partial charge in [0.1, 0.15) is 0 Å². The second-order valence-corrected chi connectivity index (χ2v) is 3.21. The summed E-state index contributed by atoms with van der Waals surface area (Å²) in [5.41, 5.74) is 1.53. The molecule has 0 bridgehead atoms. The van der Waals surface area contributed by atoms with Crippen molar-refractivity contribution in [3.8, 4) is 0 Å². The van der Waals surface area contributed by atoms with E-state index >= 15 is 0 Å². The third-order valence-corrected chi connectivity index (χ3v) is 2.09. The molecule has 0 amide bonds. The molecule has 0 aliphatic heterocycles. The van der Waals surface area contributed by atoms with Gasteiger partial charge in [0.2, 0.25) is 0 Å². The summed E-state index contributed by atoms with van der Waals surface area (Å²) < 4.78 is 0. The summed E-state index contributed by atoms with van der Waals surface area (Å²) >= 11 is 0. The Kier molecular flexibility index (Phi) is 4.13. The topological polar surface area (TPSA) is 49.3 Å². The van der Waals surface area contributed by atoms with Gasteiger partial charge in [-0.1, -0.05) is 12.1 Å². The summed E-state index contributed by atoms with van der Waals surface area (Å²) in [4.78, 5) is 10.6. The van der Waals surface area contributed by atoms with Crippen LogP contribution < -0.4 is 5.32 Å². The first kappa shape index (κ1) is 10.7. The highest BCUT2D eigenvalue weighted by Gasteiger charge is 2.00. The second kappa shape index (κ2) is 5.40. The molecule has 1 aromatic carbocycles. The van der Waals surface area contributed by atoms with Gasteiger partial charge in [0, 0.05) is 0 Å². The minimum Gasteiger partial charge on any atom is -0.478 e. The van der Waals surface area contributed by atoms with Crippen LogP contribution in [0.15, 0.2) is 24.3 Å². The van der Waals surface area contributed by atoms with E-state index in [0.717, 1.165) is 19.4 Å². The smallest absolute Gasteiger partial charge is 0.335 e. The Morgan fingerprint density at radius 3 is 2.50 bits per heavy atom. The van der Waals surface area contributed by atoms with Crippen LogP contribution in [-0.4, -0.2) is 24.7 Å². The lowest BCUT2D eigenvalue weighted by molar-refractivity contribution is 0.0697. The van der Waals surface area contributed by atoms with Crippen LogP contribution in [0.5, 0.6) is 0 Å². The van der Waals surface area contributed by atoms with Crippen molar-refractivity contribution in [2.75, 3.05) is 13.6 Å². The lowest BCUT2D eigenvalue weighted by Gasteiger charge is -2.01. The van der Waals surface area contributed by atoms with Gasteiger partial charge in [-0.25, -0.2) is 4.79 Å². The van der Waals surface area contributed by atoms with Crippen LogP contribution in [0.2, 0.25) is 0 Å². The van der Waals surface area contributed by atoms with Gasteiger partial charge in [-0.2, -0.15) is 0 Å². The van der Waals surface area contributed by atoms with E-state index in [9.17, 15) is 4.79 Å². The molecule has 0 atom stereocenters. The van der Waals surface area contributed by atoms with Crippen molar-refractivity contribution in [2.24, 2.45) is 0 Å². The van der Waals surface area contributed by atoms with Crippen LogP contribution in [0.25, 0.3) is 0 Å². The number of hydrogen-bond donors (Lipinski definition) is 2. The number of benzene rings is 1. The van der Waals surface area contributed by atoms with Crippen molar-refractivity contribution < 1.29 is 9.90 Å². The Balaban J connectivity index is 2.51. The van der Waals surface area contributed by atoms with E-state index in [1.807, 2.05) is 19.2 Å². The Bertz CT molecular complexity index is 293. The monoisotopic (exact) mass is 193 g/mol. The van der Waals surface area contributed by atoms with Crippen LogP contribution in [0.4, 0.5) is 0 Å². The van der Waals surface area contributed by atoms with E-state index in [1.165, 1.54) is 5.56 Å². The first-order chi connectivity index (χ1) is 6.74. The summed E-state index contributed by atoms with van der Waals surface area (Å²) in [6.07, 6.45) is 2.06. The molecule has 76 valence electrons. The molecular weight excluding hydrogens is 178 g/mol. The zero-order valence-corrected chi connectivity index (χ0v) is 8.29. The van der Waals surface area contributed by atoms with Crippen molar-refractivity contribution in [3.05, 3.63) is 35.4 Å². The van der Waals surface area contributed by atoms with Gasteiger partial charge in [0.05, 0.1) is 5.56 Å². The lowest BCUT2D eigenvalue weighted by atomic mass is 10.1. The summed E-state index contributed by atoms with van der Waals surface area (Å²) in [5, 5.41) is 11.8. The molecule has 0 spiro atoms. The van der Waals surface area contributed by atoms with Crippen molar-refractivity contribution in [2.45, 2.75) is 12.8 Å².